The standard InChI is InChI=1S/C71H124O12/c1-4-7-10-13-16-19-22-25-28-30-32-34-37-39-42-45-48-51-54-57-63(72)79-60-62(81-64(73)58-55-52-49-46-43-41-38-35-33-31-29-26-23-20-17-14-11-8-5-2)61-80-71-69(67(76)66(75)68(83-71)70(77)78)82-65(74)59-56-53-50-47-44-40-36-27-24-21-18-15-12-9-6-3/h7,10,16,19,25,27-28,32,34,36,62,66-69,71,75-76H,4-6,8-9,11-15,17-18,20-24,26,29-31,33,35,37-61H2,1-3H3,(H,77,78)/b10-7-,19-16-,28-25-,34-32-,36-27-. The molecule has 0 aromatic carbocycles. The second-order valence-corrected chi connectivity index (χ2v) is 23.4. The molecule has 6 unspecified atom stereocenters. The molecule has 12 heteroatoms. The SMILES string of the molecule is CC/C=C\C/C=C\C/C=C\C/C=C\CCCCCCCCC(=O)OCC(COC1OC(C(=O)O)C(O)C(O)C1OC(=O)CCCCCCC/C=C\CCCCCCCC)OC(=O)CCCCCCCCCCCCCCCCCCCCC. The van der Waals surface area contributed by atoms with Crippen molar-refractivity contribution in [2.75, 3.05) is 13.2 Å². The molecule has 83 heavy (non-hydrogen) atoms. The number of aliphatic hydroxyl groups is 2. The fourth-order valence-electron chi connectivity index (χ4n) is 10.4. The van der Waals surface area contributed by atoms with Crippen molar-refractivity contribution in [1.29, 1.82) is 0 Å². The van der Waals surface area contributed by atoms with Gasteiger partial charge < -0.3 is 39.0 Å². The van der Waals surface area contributed by atoms with Gasteiger partial charge in [0, 0.05) is 19.3 Å². The van der Waals surface area contributed by atoms with Gasteiger partial charge in [0.05, 0.1) is 6.61 Å². The summed E-state index contributed by atoms with van der Waals surface area (Å²) < 4.78 is 28.6. The lowest BCUT2D eigenvalue weighted by molar-refractivity contribution is -0.301. The van der Waals surface area contributed by atoms with Crippen LogP contribution in [0.15, 0.2) is 60.8 Å². The van der Waals surface area contributed by atoms with Gasteiger partial charge in [0.25, 0.3) is 0 Å². The third-order valence-electron chi connectivity index (χ3n) is 15.6. The number of aliphatic carboxylic acids is 1. The molecular formula is C71H124O12. The normalized spacial score (nSPS) is 17.9. The molecule has 0 saturated carbocycles. The minimum Gasteiger partial charge on any atom is -0.479 e. The number of esters is 3. The Kier molecular flexibility index (Phi) is 54.8. The first-order valence-electron chi connectivity index (χ1n) is 34.3. The third kappa shape index (κ3) is 48.3. The highest BCUT2D eigenvalue weighted by Crippen LogP contribution is 2.27. The Labute approximate surface area is 506 Å². The van der Waals surface area contributed by atoms with Crippen LogP contribution in [0.25, 0.3) is 0 Å². The summed E-state index contributed by atoms with van der Waals surface area (Å²) in [5, 5.41) is 31.6. The minimum atomic E-state index is -1.91. The Hall–Kier alpha value is -3.58. The number of carbonyl (C=O) groups excluding carboxylic acids is 3. The monoisotopic (exact) mass is 1170 g/mol. The predicted molar refractivity (Wildman–Crippen MR) is 340 cm³/mol. The summed E-state index contributed by atoms with van der Waals surface area (Å²) in [4.78, 5) is 51.4. The van der Waals surface area contributed by atoms with Gasteiger partial charge >= 0.3 is 23.9 Å². The van der Waals surface area contributed by atoms with E-state index in [0.29, 0.717) is 19.3 Å². The van der Waals surface area contributed by atoms with Crippen molar-refractivity contribution >= 4 is 23.9 Å². The van der Waals surface area contributed by atoms with Gasteiger partial charge in [-0.25, -0.2) is 4.79 Å². The second-order valence-electron chi connectivity index (χ2n) is 23.4. The molecular weight excluding hydrogens is 1040 g/mol. The van der Waals surface area contributed by atoms with Crippen LogP contribution in [0.5, 0.6) is 0 Å². The van der Waals surface area contributed by atoms with Crippen molar-refractivity contribution in [2.45, 2.75) is 353 Å². The summed E-state index contributed by atoms with van der Waals surface area (Å²) in [7, 11) is 0. The number of hydrogen-bond acceptors (Lipinski definition) is 11. The molecule has 0 spiro atoms. The van der Waals surface area contributed by atoms with Crippen molar-refractivity contribution in [2.24, 2.45) is 0 Å². The third-order valence-corrected chi connectivity index (χ3v) is 15.6. The highest BCUT2D eigenvalue weighted by Gasteiger charge is 2.50. The number of rotatable bonds is 59. The number of carboxylic acid groups (broad SMARTS) is 1. The topological polar surface area (TPSA) is 175 Å². The lowest BCUT2D eigenvalue weighted by atomic mass is 9.98. The van der Waals surface area contributed by atoms with E-state index in [-0.39, 0.29) is 25.9 Å². The molecule has 12 nitrogen and oxygen atoms in total. The van der Waals surface area contributed by atoms with Crippen molar-refractivity contribution in [1.82, 2.24) is 0 Å². The molecule has 6 atom stereocenters. The maximum atomic E-state index is 13.2. The van der Waals surface area contributed by atoms with Crippen LogP contribution in [0.1, 0.15) is 316 Å². The highest BCUT2D eigenvalue weighted by molar-refractivity contribution is 5.74. The lowest BCUT2D eigenvalue weighted by Crippen LogP contribution is -2.61. The summed E-state index contributed by atoms with van der Waals surface area (Å²) >= 11 is 0. The molecule has 1 saturated heterocycles. The minimum absolute atomic E-state index is 0.0505. The van der Waals surface area contributed by atoms with Crippen LogP contribution in [0.2, 0.25) is 0 Å². The molecule has 1 fully saturated rings. The van der Waals surface area contributed by atoms with Gasteiger partial charge in [-0.1, -0.05) is 274 Å². The molecule has 1 aliphatic heterocycles. The van der Waals surface area contributed by atoms with E-state index >= 15 is 0 Å². The quantitative estimate of drug-likeness (QED) is 0.0228. The molecule has 0 amide bonds. The molecule has 0 aliphatic carbocycles. The average molecular weight is 1170 g/mol. The van der Waals surface area contributed by atoms with Crippen LogP contribution in [0, 0.1) is 0 Å². The summed E-state index contributed by atoms with van der Waals surface area (Å²) in [5.74, 6) is -3.12. The summed E-state index contributed by atoms with van der Waals surface area (Å²) in [6, 6.07) is 0. The molecule has 3 N–H and O–H groups in total. The van der Waals surface area contributed by atoms with Gasteiger partial charge in [-0.2, -0.15) is 0 Å². The van der Waals surface area contributed by atoms with E-state index in [2.05, 4.69) is 81.5 Å². The van der Waals surface area contributed by atoms with E-state index in [4.69, 9.17) is 23.7 Å². The summed E-state index contributed by atoms with van der Waals surface area (Å²) in [5.41, 5.74) is 0. The van der Waals surface area contributed by atoms with Crippen LogP contribution in [0.3, 0.4) is 0 Å². The number of aliphatic hydroxyl groups excluding tert-OH is 2. The highest BCUT2D eigenvalue weighted by atomic mass is 16.7. The summed E-state index contributed by atoms with van der Waals surface area (Å²) in [6.07, 6.45) is 61.7. The predicted octanol–water partition coefficient (Wildman–Crippen LogP) is 18.7. The zero-order valence-electron chi connectivity index (χ0n) is 53.2. The van der Waals surface area contributed by atoms with Crippen molar-refractivity contribution in [3.8, 4) is 0 Å². The Bertz CT molecular complexity index is 1670. The number of hydrogen-bond donors (Lipinski definition) is 3. The van der Waals surface area contributed by atoms with E-state index < -0.39 is 67.3 Å². The van der Waals surface area contributed by atoms with Crippen molar-refractivity contribution in [3.63, 3.8) is 0 Å². The molecule has 1 aliphatic rings. The van der Waals surface area contributed by atoms with E-state index in [1.54, 1.807) is 0 Å². The van der Waals surface area contributed by atoms with Gasteiger partial charge in [-0.15, -0.1) is 0 Å². The molecule has 480 valence electrons. The van der Waals surface area contributed by atoms with Crippen LogP contribution in [0.4, 0.5) is 0 Å². The van der Waals surface area contributed by atoms with E-state index in [0.717, 1.165) is 122 Å². The lowest BCUT2D eigenvalue weighted by Gasteiger charge is -2.40. The Morgan fingerprint density at radius 2 is 0.759 bits per heavy atom. The summed E-state index contributed by atoms with van der Waals surface area (Å²) in [6.45, 7) is 5.91. The van der Waals surface area contributed by atoms with Gasteiger partial charge in [-0.3, -0.25) is 14.4 Å². The number of ether oxygens (including phenoxy) is 5. The molecule has 1 heterocycles. The van der Waals surface area contributed by atoms with Gasteiger partial charge in [-0.05, 0) is 83.5 Å². The van der Waals surface area contributed by atoms with Crippen LogP contribution in [-0.4, -0.2) is 89.2 Å². The molecule has 0 aromatic rings. The number of unbranched alkanes of at least 4 members (excludes halogenated alkanes) is 35. The second kappa shape index (κ2) is 58.8. The molecule has 0 aromatic heterocycles. The zero-order valence-corrected chi connectivity index (χ0v) is 53.2. The van der Waals surface area contributed by atoms with Gasteiger partial charge in [0.15, 0.2) is 24.6 Å². The molecule has 0 bridgehead atoms. The van der Waals surface area contributed by atoms with Crippen LogP contribution in [-0.2, 0) is 42.9 Å². The smallest absolute Gasteiger partial charge is 0.335 e. The first-order valence-corrected chi connectivity index (χ1v) is 34.3. The van der Waals surface area contributed by atoms with Gasteiger partial charge in [0.2, 0.25) is 0 Å². The first-order chi connectivity index (χ1) is 40.6. The number of allylic oxidation sites excluding steroid dienone is 10. The maximum Gasteiger partial charge on any atom is 0.335 e. The van der Waals surface area contributed by atoms with Crippen molar-refractivity contribution in [3.05, 3.63) is 60.8 Å². The van der Waals surface area contributed by atoms with E-state index in [1.807, 2.05) is 0 Å². The largest absolute Gasteiger partial charge is 0.479 e. The number of carbonyl (C=O) groups is 4. The van der Waals surface area contributed by atoms with E-state index in [9.17, 15) is 34.5 Å². The zero-order chi connectivity index (χ0) is 60.3. The van der Waals surface area contributed by atoms with Crippen molar-refractivity contribution < 1.29 is 58.2 Å². The van der Waals surface area contributed by atoms with Crippen LogP contribution < -0.4 is 0 Å². The average Bonchev–Trinajstić information content (AvgIpc) is 3.58. The number of carboxylic acids is 1. The molecule has 1 rings (SSSR count). The molecule has 0 radical (unpaired) electrons. The Balaban J connectivity index is 2.65. The fourth-order valence-corrected chi connectivity index (χ4v) is 10.4. The van der Waals surface area contributed by atoms with Crippen LogP contribution >= 0.6 is 0 Å². The Morgan fingerprint density at radius 3 is 1.17 bits per heavy atom. The Morgan fingerprint density at radius 1 is 0.410 bits per heavy atom. The fraction of sp³-hybridized carbons (Fsp3) is 0.803. The van der Waals surface area contributed by atoms with Gasteiger partial charge in [0.1, 0.15) is 18.8 Å². The maximum absolute atomic E-state index is 13.2. The van der Waals surface area contributed by atoms with E-state index in [1.165, 1.54) is 135 Å². The first kappa shape index (κ1) is 77.4.